The number of ketones is 1. The fraction of sp³-hybridized carbons (Fsp3) is 0.400. The lowest BCUT2D eigenvalue weighted by atomic mass is 9.98. The quantitative estimate of drug-likeness (QED) is 0.621. The molecule has 1 aliphatic rings. The van der Waals surface area contributed by atoms with Crippen LogP contribution in [0.4, 0.5) is 5.69 Å². The van der Waals surface area contributed by atoms with Crippen molar-refractivity contribution in [2.24, 2.45) is 0 Å². The van der Waals surface area contributed by atoms with Gasteiger partial charge in [-0.2, -0.15) is 0 Å². The number of carbonyl (C=O) groups is 3. The smallest absolute Gasteiger partial charge is 0.332 e. The van der Waals surface area contributed by atoms with Crippen molar-refractivity contribution in [1.82, 2.24) is 0 Å². The van der Waals surface area contributed by atoms with Crippen LogP contribution in [0.5, 0.6) is 0 Å². The summed E-state index contributed by atoms with van der Waals surface area (Å²) in [5, 5.41) is 0. The highest BCUT2D eigenvalue weighted by molar-refractivity contribution is 6.46. The van der Waals surface area contributed by atoms with Crippen LogP contribution in [0.2, 0.25) is 0 Å². The summed E-state index contributed by atoms with van der Waals surface area (Å²) in [6.07, 6.45) is -0.154. The Kier molecular flexibility index (Phi) is 3.61. The summed E-state index contributed by atoms with van der Waals surface area (Å²) in [6, 6.07) is 7.11. The Morgan fingerprint density at radius 3 is 2.45 bits per heavy atom. The third kappa shape index (κ3) is 2.19. The highest BCUT2D eigenvalue weighted by Gasteiger charge is 2.54. The number of anilines is 1. The van der Waals surface area contributed by atoms with Gasteiger partial charge in [0.25, 0.3) is 5.91 Å². The number of amides is 1. The maximum Gasteiger partial charge on any atom is 0.332 e. The molecule has 1 atom stereocenters. The first-order valence-corrected chi connectivity index (χ1v) is 6.51. The molecule has 1 aromatic rings. The van der Waals surface area contributed by atoms with Gasteiger partial charge < -0.3 is 4.74 Å². The molecule has 1 aromatic carbocycles. The molecule has 0 N–H and O–H groups in total. The molecule has 20 heavy (non-hydrogen) atoms. The van der Waals surface area contributed by atoms with E-state index in [1.165, 1.54) is 4.90 Å². The number of ether oxygens (including phenoxy) is 1. The molecule has 0 aromatic heterocycles. The van der Waals surface area contributed by atoms with E-state index in [0.717, 1.165) is 5.56 Å². The maximum absolute atomic E-state index is 12.1. The zero-order valence-corrected chi connectivity index (χ0v) is 11.8. The molecule has 1 unspecified atom stereocenters. The minimum absolute atomic E-state index is 0.154. The van der Waals surface area contributed by atoms with Crippen molar-refractivity contribution in [3.05, 3.63) is 29.8 Å². The van der Waals surface area contributed by atoms with E-state index in [2.05, 4.69) is 0 Å². The van der Waals surface area contributed by atoms with E-state index >= 15 is 0 Å². The second-order valence-corrected chi connectivity index (χ2v) is 5.07. The highest BCUT2D eigenvalue weighted by atomic mass is 16.5. The number of nitrogens with zero attached hydrogens (tertiary/aromatic N) is 1. The molecule has 0 bridgehead atoms. The van der Waals surface area contributed by atoms with E-state index in [9.17, 15) is 14.4 Å². The molecule has 5 heteroatoms. The largest absolute Gasteiger partial charge is 0.464 e. The second kappa shape index (κ2) is 5.07. The fourth-order valence-corrected chi connectivity index (χ4v) is 2.36. The number of rotatable bonds is 3. The Morgan fingerprint density at radius 1 is 1.30 bits per heavy atom. The van der Waals surface area contributed by atoms with Gasteiger partial charge in [-0.05, 0) is 32.9 Å². The lowest BCUT2D eigenvalue weighted by molar-refractivity contribution is -0.149. The van der Waals surface area contributed by atoms with Crippen LogP contribution in [-0.4, -0.2) is 29.8 Å². The summed E-state index contributed by atoms with van der Waals surface area (Å²) in [4.78, 5) is 37.2. The normalized spacial score (nSPS) is 22.2. The van der Waals surface area contributed by atoms with Crippen molar-refractivity contribution in [3.8, 4) is 0 Å². The predicted molar refractivity (Wildman–Crippen MR) is 73.3 cm³/mol. The molecule has 106 valence electrons. The number of hydrogen-bond acceptors (Lipinski definition) is 4. The van der Waals surface area contributed by atoms with Gasteiger partial charge in [-0.3, -0.25) is 14.5 Å². The number of benzene rings is 1. The first-order chi connectivity index (χ1) is 9.40. The lowest BCUT2D eigenvalue weighted by Crippen LogP contribution is -2.50. The Bertz CT molecular complexity index is 564. The predicted octanol–water partition coefficient (Wildman–Crippen LogP) is 1.62. The van der Waals surface area contributed by atoms with E-state index in [-0.39, 0.29) is 13.0 Å². The van der Waals surface area contributed by atoms with Gasteiger partial charge in [0, 0.05) is 5.69 Å². The van der Waals surface area contributed by atoms with E-state index in [1.54, 1.807) is 26.0 Å². The molecule has 0 spiro atoms. The molecule has 0 saturated carbocycles. The first-order valence-electron chi connectivity index (χ1n) is 6.51. The molecular formula is C15H17NO4. The summed E-state index contributed by atoms with van der Waals surface area (Å²) in [5.41, 5.74) is 0.297. The summed E-state index contributed by atoms with van der Waals surface area (Å²) < 4.78 is 5.02. The average Bonchev–Trinajstić information content (AvgIpc) is 2.63. The van der Waals surface area contributed by atoms with Gasteiger partial charge >= 0.3 is 5.97 Å². The van der Waals surface area contributed by atoms with Gasteiger partial charge in [0.05, 0.1) is 13.0 Å². The number of esters is 1. The zero-order chi connectivity index (χ0) is 14.9. The standard InChI is InChI=1S/C15H17NO4/c1-4-20-14(19)15(3)9-12(17)13(18)16(15)11-7-5-10(2)6-8-11/h5-8H,4,9H2,1-3H3. The van der Waals surface area contributed by atoms with Gasteiger partial charge in [0.15, 0.2) is 0 Å². The van der Waals surface area contributed by atoms with Gasteiger partial charge in [0.1, 0.15) is 5.54 Å². The minimum atomic E-state index is -1.26. The molecule has 2 rings (SSSR count). The van der Waals surface area contributed by atoms with E-state index in [0.29, 0.717) is 5.69 Å². The van der Waals surface area contributed by atoms with Crippen LogP contribution in [0.15, 0.2) is 24.3 Å². The van der Waals surface area contributed by atoms with Crippen LogP contribution in [0.3, 0.4) is 0 Å². The van der Waals surface area contributed by atoms with Crippen molar-refractivity contribution < 1.29 is 19.1 Å². The molecule has 5 nitrogen and oxygen atoms in total. The summed E-state index contributed by atoms with van der Waals surface area (Å²) >= 11 is 0. The van der Waals surface area contributed by atoms with Crippen molar-refractivity contribution in [2.75, 3.05) is 11.5 Å². The summed E-state index contributed by atoms with van der Waals surface area (Å²) in [6.45, 7) is 5.38. The van der Waals surface area contributed by atoms with Crippen LogP contribution in [0, 0.1) is 6.92 Å². The van der Waals surface area contributed by atoms with Gasteiger partial charge in [-0.15, -0.1) is 0 Å². The van der Waals surface area contributed by atoms with Gasteiger partial charge in [-0.1, -0.05) is 17.7 Å². The number of hydrogen-bond donors (Lipinski definition) is 0. The van der Waals surface area contributed by atoms with Crippen LogP contribution in [0.25, 0.3) is 0 Å². The van der Waals surface area contributed by atoms with Gasteiger partial charge in [-0.25, -0.2) is 4.79 Å². The Labute approximate surface area is 117 Å². The Balaban J connectivity index is 2.45. The third-order valence-electron chi connectivity index (χ3n) is 3.45. The fourth-order valence-electron chi connectivity index (χ4n) is 2.36. The van der Waals surface area contributed by atoms with E-state index < -0.39 is 23.2 Å². The van der Waals surface area contributed by atoms with Crippen molar-refractivity contribution in [3.63, 3.8) is 0 Å². The van der Waals surface area contributed by atoms with E-state index in [1.807, 2.05) is 19.1 Å². The van der Waals surface area contributed by atoms with Crippen LogP contribution >= 0.6 is 0 Å². The van der Waals surface area contributed by atoms with Crippen molar-refractivity contribution in [1.29, 1.82) is 0 Å². The Morgan fingerprint density at radius 2 is 1.90 bits per heavy atom. The molecule has 1 heterocycles. The molecule has 0 radical (unpaired) electrons. The monoisotopic (exact) mass is 275 g/mol. The highest BCUT2D eigenvalue weighted by Crippen LogP contribution is 2.34. The first kappa shape index (κ1) is 14.2. The zero-order valence-electron chi connectivity index (χ0n) is 11.8. The molecule has 1 aliphatic heterocycles. The van der Waals surface area contributed by atoms with E-state index in [4.69, 9.17) is 4.74 Å². The third-order valence-corrected chi connectivity index (χ3v) is 3.45. The molecule has 1 saturated heterocycles. The summed E-state index contributed by atoms with van der Waals surface area (Å²) in [5.74, 6) is -1.79. The number of aryl methyl sites for hydroxylation is 1. The number of carbonyl (C=O) groups excluding carboxylic acids is 3. The second-order valence-electron chi connectivity index (χ2n) is 5.07. The molecule has 0 aliphatic carbocycles. The van der Waals surface area contributed by atoms with Crippen molar-refractivity contribution >= 4 is 23.3 Å². The van der Waals surface area contributed by atoms with Crippen molar-refractivity contribution in [2.45, 2.75) is 32.7 Å². The lowest BCUT2D eigenvalue weighted by Gasteiger charge is -2.32. The van der Waals surface area contributed by atoms with Crippen LogP contribution < -0.4 is 4.90 Å². The maximum atomic E-state index is 12.1. The van der Waals surface area contributed by atoms with Crippen LogP contribution in [-0.2, 0) is 19.1 Å². The summed E-state index contributed by atoms with van der Waals surface area (Å²) in [7, 11) is 0. The molecule has 1 amide bonds. The number of Topliss-reactive ketones (excluding diaryl/α,β-unsaturated/α-hetero) is 1. The Hall–Kier alpha value is -2.17. The average molecular weight is 275 g/mol. The minimum Gasteiger partial charge on any atom is -0.464 e. The van der Waals surface area contributed by atoms with Crippen LogP contribution in [0.1, 0.15) is 25.8 Å². The molecular weight excluding hydrogens is 258 g/mol. The topological polar surface area (TPSA) is 63.7 Å². The SMILES string of the molecule is CCOC(=O)C1(C)CC(=O)C(=O)N1c1ccc(C)cc1. The molecule has 1 fully saturated rings. The van der Waals surface area contributed by atoms with Gasteiger partial charge in [0.2, 0.25) is 5.78 Å².